The van der Waals surface area contributed by atoms with Crippen molar-refractivity contribution >= 4 is 0 Å². The number of aryl methyl sites for hydroxylation is 1. The van der Waals surface area contributed by atoms with Crippen molar-refractivity contribution in [3.63, 3.8) is 0 Å². The maximum atomic E-state index is 5.27. The molecule has 1 aliphatic carbocycles. The quantitative estimate of drug-likeness (QED) is 0.835. The van der Waals surface area contributed by atoms with E-state index in [4.69, 9.17) is 4.52 Å². The lowest BCUT2D eigenvalue weighted by Gasteiger charge is -2.26. The molecule has 0 amide bonds. The first kappa shape index (κ1) is 11.2. The molecule has 1 aliphatic heterocycles. The van der Waals surface area contributed by atoms with E-state index in [9.17, 15) is 0 Å². The van der Waals surface area contributed by atoms with Crippen LogP contribution in [0, 0.1) is 6.92 Å². The van der Waals surface area contributed by atoms with Gasteiger partial charge in [0.15, 0.2) is 5.76 Å². The van der Waals surface area contributed by atoms with Gasteiger partial charge in [0.2, 0.25) is 0 Å². The van der Waals surface area contributed by atoms with E-state index in [0.29, 0.717) is 5.92 Å². The zero-order chi connectivity index (χ0) is 12.8. The zero-order valence-corrected chi connectivity index (χ0v) is 11.0. The lowest BCUT2D eigenvalue weighted by Crippen LogP contribution is -2.33. The summed E-state index contributed by atoms with van der Waals surface area (Å²) in [7, 11) is 0. The average molecular weight is 259 g/mol. The summed E-state index contributed by atoms with van der Waals surface area (Å²) in [6, 6.07) is 1.99. The smallest absolute Gasteiger partial charge is 0.150 e. The Morgan fingerprint density at radius 3 is 2.95 bits per heavy atom. The maximum absolute atomic E-state index is 5.27. The Morgan fingerprint density at radius 1 is 1.32 bits per heavy atom. The SMILES string of the molecule is Cc1cc(CN2CCn3c(nnc3C3CC3)C2)on1. The van der Waals surface area contributed by atoms with Crippen LogP contribution in [0.1, 0.15) is 41.9 Å². The fourth-order valence-corrected chi connectivity index (χ4v) is 2.72. The lowest BCUT2D eigenvalue weighted by molar-refractivity contribution is 0.185. The second-order valence-corrected chi connectivity index (χ2v) is 5.55. The molecule has 0 radical (unpaired) electrons. The van der Waals surface area contributed by atoms with Crippen molar-refractivity contribution in [2.75, 3.05) is 6.54 Å². The highest BCUT2D eigenvalue weighted by Crippen LogP contribution is 2.39. The number of fused-ring (bicyclic) bond motifs is 1. The van der Waals surface area contributed by atoms with Gasteiger partial charge in [-0.1, -0.05) is 5.16 Å². The summed E-state index contributed by atoms with van der Waals surface area (Å²) >= 11 is 0. The van der Waals surface area contributed by atoms with E-state index >= 15 is 0 Å². The van der Waals surface area contributed by atoms with Crippen molar-refractivity contribution in [1.29, 1.82) is 0 Å². The van der Waals surface area contributed by atoms with Gasteiger partial charge in [0, 0.05) is 25.1 Å². The molecule has 6 heteroatoms. The first-order chi connectivity index (χ1) is 9.29. The minimum absolute atomic E-state index is 0.671. The van der Waals surface area contributed by atoms with Gasteiger partial charge in [-0.2, -0.15) is 0 Å². The van der Waals surface area contributed by atoms with E-state index in [1.54, 1.807) is 0 Å². The molecule has 0 saturated heterocycles. The summed E-state index contributed by atoms with van der Waals surface area (Å²) in [5, 5.41) is 12.6. The molecular weight excluding hydrogens is 242 g/mol. The Balaban J connectivity index is 1.49. The predicted octanol–water partition coefficient (Wildman–Crippen LogP) is 1.47. The minimum Gasteiger partial charge on any atom is -0.360 e. The topological polar surface area (TPSA) is 60.0 Å². The summed E-state index contributed by atoms with van der Waals surface area (Å²) in [6.07, 6.45) is 2.55. The van der Waals surface area contributed by atoms with Crippen molar-refractivity contribution in [1.82, 2.24) is 24.8 Å². The van der Waals surface area contributed by atoms with Gasteiger partial charge in [-0.05, 0) is 19.8 Å². The molecule has 0 N–H and O–H groups in total. The monoisotopic (exact) mass is 259 g/mol. The van der Waals surface area contributed by atoms with Gasteiger partial charge in [0.1, 0.15) is 11.6 Å². The van der Waals surface area contributed by atoms with Gasteiger partial charge in [-0.15, -0.1) is 10.2 Å². The standard InChI is InChI=1S/C13H17N5O/c1-9-6-11(19-16-9)7-17-4-5-18-12(8-17)14-15-13(18)10-2-3-10/h6,10H,2-5,7-8H2,1H3. The molecule has 1 saturated carbocycles. The second-order valence-electron chi connectivity index (χ2n) is 5.55. The van der Waals surface area contributed by atoms with E-state index in [1.165, 1.54) is 18.7 Å². The predicted molar refractivity (Wildman–Crippen MR) is 67.4 cm³/mol. The van der Waals surface area contributed by atoms with Gasteiger partial charge in [0.25, 0.3) is 0 Å². The highest BCUT2D eigenvalue weighted by atomic mass is 16.5. The van der Waals surface area contributed by atoms with Crippen LogP contribution in [-0.4, -0.2) is 31.4 Å². The third kappa shape index (κ3) is 2.06. The van der Waals surface area contributed by atoms with Crippen LogP contribution in [0.25, 0.3) is 0 Å². The Bertz CT molecular complexity index is 598. The Kier molecular flexibility index (Phi) is 2.44. The van der Waals surface area contributed by atoms with Gasteiger partial charge in [-0.25, -0.2) is 0 Å². The van der Waals surface area contributed by atoms with E-state index in [1.807, 2.05) is 13.0 Å². The molecule has 3 heterocycles. The first-order valence-electron chi connectivity index (χ1n) is 6.86. The molecule has 0 atom stereocenters. The van der Waals surface area contributed by atoms with Crippen molar-refractivity contribution in [3.8, 4) is 0 Å². The summed E-state index contributed by atoms with van der Waals surface area (Å²) in [5.74, 6) is 3.88. The molecule has 0 unspecified atom stereocenters. The lowest BCUT2D eigenvalue weighted by atomic mass is 10.3. The molecule has 0 aromatic carbocycles. The summed E-state index contributed by atoms with van der Waals surface area (Å²) in [4.78, 5) is 2.33. The van der Waals surface area contributed by atoms with Crippen molar-refractivity contribution in [2.24, 2.45) is 0 Å². The first-order valence-corrected chi connectivity index (χ1v) is 6.86. The summed E-state index contributed by atoms with van der Waals surface area (Å²) in [5.41, 5.74) is 0.936. The number of rotatable bonds is 3. The Labute approximate surface area is 111 Å². The average Bonchev–Trinajstić information content (AvgIpc) is 3.04. The number of nitrogens with zero attached hydrogens (tertiary/aromatic N) is 5. The molecule has 6 nitrogen and oxygen atoms in total. The molecular formula is C13H17N5O. The molecule has 19 heavy (non-hydrogen) atoms. The molecule has 2 aliphatic rings. The van der Waals surface area contributed by atoms with Gasteiger partial charge in [-0.3, -0.25) is 4.90 Å². The third-order valence-electron chi connectivity index (χ3n) is 3.86. The van der Waals surface area contributed by atoms with E-state index in [-0.39, 0.29) is 0 Å². The van der Waals surface area contributed by atoms with Crippen LogP contribution in [0.3, 0.4) is 0 Å². The van der Waals surface area contributed by atoms with Crippen LogP contribution in [0.5, 0.6) is 0 Å². The number of hydrogen-bond acceptors (Lipinski definition) is 5. The van der Waals surface area contributed by atoms with Crippen molar-refractivity contribution in [2.45, 2.75) is 45.3 Å². The Morgan fingerprint density at radius 2 is 2.21 bits per heavy atom. The van der Waals surface area contributed by atoms with Crippen molar-refractivity contribution in [3.05, 3.63) is 29.2 Å². The van der Waals surface area contributed by atoms with Crippen molar-refractivity contribution < 1.29 is 4.52 Å². The molecule has 1 fully saturated rings. The largest absolute Gasteiger partial charge is 0.360 e. The summed E-state index contributed by atoms with van der Waals surface area (Å²) in [6.45, 7) is 5.60. The van der Waals surface area contributed by atoms with Crippen LogP contribution < -0.4 is 0 Å². The van der Waals surface area contributed by atoms with Crippen LogP contribution in [-0.2, 0) is 19.6 Å². The maximum Gasteiger partial charge on any atom is 0.150 e. The van der Waals surface area contributed by atoms with E-state index < -0.39 is 0 Å². The molecule has 0 bridgehead atoms. The Hall–Kier alpha value is -1.69. The highest BCUT2D eigenvalue weighted by Gasteiger charge is 2.32. The van der Waals surface area contributed by atoms with E-state index in [0.717, 1.165) is 43.5 Å². The van der Waals surface area contributed by atoms with Gasteiger partial charge >= 0.3 is 0 Å². The molecule has 4 rings (SSSR count). The van der Waals surface area contributed by atoms with Crippen LogP contribution >= 0.6 is 0 Å². The molecule has 2 aromatic rings. The third-order valence-corrected chi connectivity index (χ3v) is 3.86. The fourth-order valence-electron chi connectivity index (χ4n) is 2.72. The second kappa shape index (κ2) is 4.16. The number of hydrogen-bond donors (Lipinski definition) is 0. The van der Waals surface area contributed by atoms with Gasteiger partial charge < -0.3 is 9.09 Å². The molecule has 100 valence electrons. The highest BCUT2D eigenvalue weighted by molar-refractivity contribution is 5.10. The zero-order valence-electron chi connectivity index (χ0n) is 11.0. The van der Waals surface area contributed by atoms with E-state index in [2.05, 4.69) is 24.8 Å². The van der Waals surface area contributed by atoms with Crippen LogP contribution in [0.2, 0.25) is 0 Å². The normalized spacial score (nSPS) is 19.6. The summed E-state index contributed by atoms with van der Waals surface area (Å²) < 4.78 is 7.58. The number of aromatic nitrogens is 4. The molecule has 0 spiro atoms. The fraction of sp³-hybridized carbons (Fsp3) is 0.615. The minimum atomic E-state index is 0.671. The van der Waals surface area contributed by atoms with Gasteiger partial charge in [0.05, 0.1) is 18.8 Å². The molecule has 2 aromatic heterocycles. The van der Waals surface area contributed by atoms with Crippen LogP contribution in [0.4, 0.5) is 0 Å². The van der Waals surface area contributed by atoms with Crippen LogP contribution in [0.15, 0.2) is 10.6 Å².